The minimum Gasteiger partial charge on any atom is -0.345 e. The molecule has 150 valence electrons. The molecule has 0 bridgehead atoms. The molecule has 1 aromatic rings. The molecule has 0 aliphatic carbocycles. The molecule has 1 aliphatic heterocycles. The molecule has 0 fully saturated rings. The number of aromatic nitrogens is 2. The second-order valence-corrected chi connectivity index (χ2v) is 7.29. The van der Waals surface area contributed by atoms with Gasteiger partial charge >= 0.3 is 0 Å². The number of aliphatic imine (C=N–C) groups is 2. The van der Waals surface area contributed by atoms with Crippen molar-refractivity contribution >= 4 is 11.7 Å². The molecule has 0 amide bonds. The van der Waals surface area contributed by atoms with E-state index in [1.165, 1.54) is 44.9 Å². The summed E-state index contributed by atoms with van der Waals surface area (Å²) in [6.45, 7) is 6.93. The van der Waals surface area contributed by atoms with Crippen LogP contribution in [0.5, 0.6) is 0 Å². The molecule has 2 rings (SSSR count). The van der Waals surface area contributed by atoms with E-state index in [1.54, 1.807) is 4.90 Å². The lowest BCUT2D eigenvalue weighted by Crippen LogP contribution is -2.37. The molecule has 0 spiro atoms. The Kier molecular flexibility index (Phi) is 8.68. The Balaban J connectivity index is 1.95. The van der Waals surface area contributed by atoms with Crippen molar-refractivity contribution in [3.05, 3.63) is 17.7 Å². The van der Waals surface area contributed by atoms with Crippen LogP contribution >= 0.6 is 0 Å². The van der Waals surface area contributed by atoms with Gasteiger partial charge in [0.25, 0.3) is 0 Å². The number of H-pyrrole nitrogens is 1. The zero-order valence-electron chi connectivity index (χ0n) is 17.3. The first-order valence-electron chi connectivity index (χ1n) is 10.4. The SMILES string of the molecule is CCCCCCCCCC(C)c1c[nH]c(C2N=C(C#N)N=C(C#N)N2CC)n1. The molecule has 2 unspecified atom stereocenters. The summed E-state index contributed by atoms with van der Waals surface area (Å²) in [6, 6.07) is 3.99. The van der Waals surface area contributed by atoms with Gasteiger partial charge in [-0.25, -0.2) is 9.98 Å². The van der Waals surface area contributed by atoms with Gasteiger partial charge in [0.05, 0.1) is 5.69 Å². The fraction of sp³-hybridized carbons (Fsp3) is 0.667. The molecule has 0 aromatic carbocycles. The van der Waals surface area contributed by atoms with Crippen molar-refractivity contribution in [1.82, 2.24) is 14.9 Å². The van der Waals surface area contributed by atoms with Crippen LogP contribution in [0, 0.1) is 22.7 Å². The molecule has 7 heteroatoms. The van der Waals surface area contributed by atoms with Gasteiger partial charge in [-0.1, -0.05) is 58.8 Å². The van der Waals surface area contributed by atoms with Crippen LogP contribution < -0.4 is 0 Å². The summed E-state index contributed by atoms with van der Waals surface area (Å²) < 4.78 is 0. The van der Waals surface area contributed by atoms with Crippen molar-refractivity contribution in [2.75, 3.05) is 6.54 Å². The highest BCUT2D eigenvalue weighted by atomic mass is 15.3. The topological polar surface area (TPSA) is 104 Å². The first-order valence-corrected chi connectivity index (χ1v) is 10.4. The Morgan fingerprint density at radius 3 is 2.46 bits per heavy atom. The summed E-state index contributed by atoms with van der Waals surface area (Å²) in [7, 11) is 0. The maximum atomic E-state index is 9.34. The van der Waals surface area contributed by atoms with Crippen LogP contribution in [-0.4, -0.2) is 33.1 Å². The van der Waals surface area contributed by atoms with Gasteiger partial charge < -0.3 is 9.88 Å². The Hall–Kier alpha value is -2.67. The lowest BCUT2D eigenvalue weighted by molar-refractivity contribution is 0.327. The molecule has 28 heavy (non-hydrogen) atoms. The van der Waals surface area contributed by atoms with Gasteiger partial charge in [0.1, 0.15) is 12.1 Å². The van der Waals surface area contributed by atoms with E-state index in [0.717, 1.165) is 12.1 Å². The fourth-order valence-electron chi connectivity index (χ4n) is 3.46. The average Bonchev–Trinajstić information content (AvgIpc) is 3.22. The summed E-state index contributed by atoms with van der Waals surface area (Å²) in [6.07, 6.45) is 11.6. The van der Waals surface area contributed by atoms with Crippen molar-refractivity contribution in [2.24, 2.45) is 9.98 Å². The van der Waals surface area contributed by atoms with E-state index >= 15 is 0 Å². The van der Waals surface area contributed by atoms with Crippen LogP contribution in [0.15, 0.2) is 16.2 Å². The lowest BCUT2D eigenvalue weighted by Gasteiger charge is -2.28. The molecule has 1 aromatic heterocycles. The van der Waals surface area contributed by atoms with Crippen LogP contribution in [-0.2, 0) is 0 Å². The summed E-state index contributed by atoms with van der Waals surface area (Å²) >= 11 is 0. The van der Waals surface area contributed by atoms with Crippen LogP contribution in [0.4, 0.5) is 0 Å². The van der Waals surface area contributed by atoms with Gasteiger partial charge in [0.15, 0.2) is 12.0 Å². The van der Waals surface area contributed by atoms with Crippen LogP contribution in [0.25, 0.3) is 0 Å². The molecule has 0 radical (unpaired) electrons. The van der Waals surface area contributed by atoms with Gasteiger partial charge in [-0.3, -0.25) is 0 Å². The van der Waals surface area contributed by atoms with Crippen LogP contribution in [0.3, 0.4) is 0 Å². The quantitative estimate of drug-likeness (QED) is 0.554. The maximum absolute atomic E-state index is 9.34. The first kappa shape index (κ1) is 21.6. The molecule has 0 saturated carbocycles. The number of rotatable bonds is 11. The Labute approximate surface area is 168 Å². The van der Waals surface area contributed by atoms with Crippen molar-refractivity contribution in [2.45, 2.75) is 84.2 Å². The molecular formula is C21H31N7. The highest BCUT2D eigenvalue weighted by molar-refractivity contribution is 6.11. The highest BCUT2D eigenvalue weighted by Gasteiger charge is 2.29. The Morgan fingerprint density at radius 2 is 1.82 bits per heavy atom. The number of hydrogen-bond acceptors (Lipinski definition) is 6. The largest absolute Gasteiger partial charge is 0.345 e. The van der Waals surface area contributed by atoms with Crippen molar-refractivity contribution < 1.29 is 0 Å². The van der Waals surface area contributed by atoms with E-state index in [9.17, 15) is 5.26 Å². The molecule has 1 N–H and O–H groups in total. The van der Waals surface area contributed by atoms with E-state index in [-0.39, 0.29) is 11.7 Å². The number of nitriles is 2. The third-order valence-electron chi connectivity index (χ3n) is 5.17. The van der Waals surface area contributed by atoms with Gasteiger partial charge in [0.2, 0.25) is 11.7 Å². The number of aromatic amines is 1. The zero-order valence-corrected chi connectivity index (χ0v) is 17.3. The summed E-state index contributed by atoms with van der Waals surface area (Å²) in [4.78, 5) is 18.0. The van der Waals surface area contributed by atoms with E-state index in [4.69, 9.17) is 10.2 Å². The Bertz CT molecular complexity index is 762. The van der Waals surface area contributed by atoms with Gasteiger partial charge in [-0.05, 0) is 19.3 Å². The molecule has 1 aliphatic rings. The third-order valence-corrected chi connectivity index (χ3v) is 5.17. The number of amidine groups is 2. The van der Waals surface area contributed by atoms with Crippen LogP contribution in [0.1, 0.15) is 95.7 Å². The first-order chi connectivity index (χ1) is 13.6. The molecule has 2 heterocycles. The van der Waals surface area contributed by atoms with Crippen LogP contribution in [0.2, 0.25) is 0 Å². The number of unbranched alkanes of at least 4 members (excludes halogenated alkanes) is 6. The molecule has 7 nitrogen and oxygen atoms in total. The highest BCUT2D eigenvalue weighted by Crippen LogP contribution is 2.27. The van der Waals surface area contributed by atoms with E-state index in [2.05, 4.69) is 34.9 Å². The van der Waals surface area contributed by atoms with E-state index in [0.29, 0.717) is 18.3 Å². The van der Waals surface area contributed by atoms with Gasteiger partial charge in [-0.15, -0.1) is 0 Å². The normalized spacial score (nSPS) is 17.5. The minimum atomic E-state index is -0.508. The molecule has 0 saturated heterocycles. The smallest absolute Gasteiger partial charge is 0.232 e. The average molecular weight is 382 g/mol. The predicted molar refractivity (Wildman–Crippen MR) is 111 cm³/mol. The molecular weight excluding hydrogens is 350 g/mol. The van der Waals surface area contributed by atoms with E-state index in [1.807, 2.05) is 19.2 Å². The second kappa shape index (κ2) is 11.2. The maximum Gasteiger partial charge on any atom is 0.232 e. The monoisotopic (exact) mass is 381 g/mol. The standard InChI is InChI=1S/C21H31N7/c1-4-6-7-8-9-10-11-12-16(3)17-15-24-20(25-17)21-27-18(13-22)26-19(14-23)28(21)5-2/h15-16,21H,4-12H2,1-3H3,(H,24,25). The van der Waals surface area contributed by atoms with Crippen molar-refractivity contribution in [1.29, 1.82) is 10.5 Å². The molecule has 2 atom stereocenters. The van der Waals surface area contributed by atoms with E-state index < -0.39 is 6.17 Å². The second-order valence-electron chi connectivity index (χ2n) is 7.29. The summed E-state index contributed by atoms with van der Waals surface area (Å²) in [5.41, 5.74) is 1.01. The summed E-state index contributed by atoms with van der Waals surface area (Å²) in [5.74, 6) is 1.23. The number of imidazole rings is 1. The predicted octanol–water partition coefficient (Wildman–Crippen LogP) is 4.83. The van der Waals surface area contributed by atoms with Crippen molar-refractivity contribution in [3.8, 4) is 12.1 Å². The number of nitrogens with zero attached hydrogens (tertiary/aromatic N) is 6. The number of nitrogens with one attached hydrogen (secondary N) is 1. The third kappa shape index (κ3) is 5.66. The summed E-state index contributed by atoms with van der Waals surface area (Å²) in [5, 5.41) is 18.5. The fourth-order valence-corrected chi connectivity index (χ4v) is 3.46. The lowest BCUT2D eigenvalue weighted by atomic mass is 9.99. The van der Waals surface area contributed by atoms with Gasteiger partial charge in [0, 0.05) is 12.7 Å². The minimum absolute atomic E-state index is 0.0142. The Morgan fingerprint density at radius 1 is 1.11 bits per heavy atom. The number of hydrogen-bond donors (Lipinski definition) is 1. The van der Waals surface area contributed by atoms with Crippen molar-refractivity contribution in [3.63, 3.8) is 0 Å². The zero-order chi connectivity index (χ0) is 20.4. The van der Waals surface area contributed by atoms with Gasteiger partial charge in [-0.2, -0.15) is 15.5 Å².